The predicted octanol–water partition coefficient (Wildman–Crippen LogP) is 4.87. The van der Waals surface area contributed by atoms with Gasteiger partial charge in [-0.25, -0.2) is 4.79 Å². The number of rotatable bonds is 8. The van der Waals surface area contributed by atoms with Crippen molar-refractivity contribution < 1.29 is 42.7 Å². The highest BCUT2D eigenvalue weighted by Crippen LogP contribution is 2.51. The number of aromatic amines is 1. The zero-order valence-corrected chi connectivity index (χ0v) is 28.2. The van der Waals surface area contributed by atoms with Crippen molar-refractivity contribution in [2.75, 3.05) is 55.7 Å². The highest BCUT2D eigenvalue weighted by atomic mass is 16.6. The number of esters is 2. The van der Waals surface area contributed by atoms with Gasteiger partial charge in [0.1, 0.15) is 18.0 Å². The van der Waals surface area contributed by atoms with Crippen LogP contribution in [0.4, 0.5) is 0 Å². The Labute approximate surface area is 280 Å². The van der Waals surface area contributed by atoms with Gasteiger partial charge in [-0.2, -0.15) is 5.26 Å². The molecule has 1 aliphatic carbocycles. The third-order valence-corrected chi connectivity index (χ3v) is 9.85. The topological polar surface area (TPSA) is 142 Å². The molecule has 6 rings (SSSR count). The highest BCUT2D eigenvalue weighted by molar-refractivity contribution is 5.91. The summed E-state index contributed by atoms with van der Waals surface area (Å²) in [6, 6.07) is 11.1. The summed E-state index contributed by atoms with van der Waals surface area (Å²) < 4.78 is 39.1. The Morgan fingerprint density at radius 2 is 1.71 bits per heavy atom. The molecule has 12 nitrogen and oxygen atoms in total. The first-order valence-electron chi connectivity index (χ1n) is 15.8. The van der Waals surface area contributed by atoms with E-state index < -0.39 is 24.1 Å². The van der Waals surface area contributed by atoms with Crippen LogP contribution in [0, 0.1) is 29.1 Å². The number of nitrogens with zero attached hydrogens (tertiary/aromatic N) is 2. The minimum absolute atomic E-state index is 0.0170. The van der Waals surface area contributed by atoms with Crippen molar-refractivity contribution in [3.8, 4) is 29.1 Å². The van der Waals surface area contributed by atoms with Crippen LogP contribution in [0.5, 0.6) is 23.0 Å². The molecule has 0 unspecified atom stereocenters. The van der Waals surface area contributed by atoms with Crippen molar-refractivity contribution in [2.24, 2.45) is 17.8 Å². The van der Waals surface area contributed by atoms with Gasteiger partial charge in [0, 0.05) is 48.9 Å². The summed E-state index contributed by atoms with van der Waals surface area (Å²) in [6.45, 7) is 4.80. The fraction of sp³-hybridized carbons (Fsp3) is 0.472. The molecular formula is C36H43N3O9. The first-order valence-corrected chi connectivity index (χ1v) is 15.8. The van der Waals surface area contributed by atoms with Crippen molar-refractivity contribution in [2.45, 2.75) is 37.5 Å². The van der Waals surface area contributed by atoms with Gasteiger partial charge in [-0.3, -0.25) is 9.69 Å². The van der Waals surface area contributed by atoms with Gasteiger partial charge in [-0.15, -0.1) is 0 Å². The molecular weight excluding hydrogens is 618 g/mol. The number of H-pyrrole nitrogens is 1. The monoisotopic (exact) mass is 661 g/mol. The molecule has 0 bridgehead atoms. The van der Waals surface area contributed by atoms with Crippen molar-refractivity contribution >= 4 is 22.8 Å². The van der Waals surface area contributed by atoms with Crippen LogP contribution < -0.4 is 18.9 Å². The van der Waals surface area contributed by atoms with E-state index in [1.165, 1.54) is 51.2 Å². The number of benzene rings is 2. The number of aromatic nitrogens is 1. The van der Waals surface area contributed by atoms with Crippen LogP contribution in [-0.2, 0) is 25.4 Å². The van der Waals surface area contributed by atoms with Crippen molar-refractivity contribution in [3.63, 3.8) is 0 Å². The molecule has 0 amide bonds. The van der Waals surface area contributed by atoms with Crippen LogP contribution in [-0.4, -0.2) is 89.8 Å². The lowest BCUT2D eigenvalue weighted by molar-refractivity contribution is -0.176. The first kappa shape index (κ1) is 34.6. The van der Waals surface area contributed by atoms with Gasteiger partial charge in [0.15, 0.2) is 11.5 Å². The summed E-state index contributed by atoms with van der Waals surface area (Å²) in [7, 11) is 9.10. The standard InChI is InChI=1S/C33H40N2O9.C3H3N/c1-38-19-7-8-20-21-9-10-35-16-18-13-27(44-32(36)17-11-25(39-2)30(41-4)26(12-17)40-3)31(42-5)28(33(37)43-6)22(18)15-24(35)29(21)34-23(20)14-19;1-2-3-4/h7-8,11-12,14,18,22,24,27-28,31,34H,9-10,13,15-16H2,1-6H3;2H,1H2/t18-,22+,24-,27-,28+,31+;/m1./s1. The number of allylic oxidation sites excluding steroid dienone is 1. The van der Waals surface area contributed by atoms with Gasteiger partial charge in [0.2, 0.25) is 5.75 Å². The maximum Gasteiger partial charge on any atom is 0.338 e. The Morgan fingerprint density at radius 1 is 1.00 bits per heavy atom. The van der Waals surface area contributed by atoms with Crippen molar-refractivity contribution in [3.05, 3.63) is 59.8 Å². The minimum atomic E-state index is -0.670. The molecule has 1 N–H and O–H groups in total. The van der Waals surface area contributed by atoms with Crippen LogP contribution >= 0.6 is 0 Å². The van der Waals surface area contributed by atoms with E-state index in [2.05, 4.69) is 22.5 Å². The average Bonchev–Trinajstić information content (AvgIpc) is 3.50. The SMILES string of the molecule is C=CC#N.COC(=O)[C@H]1[C@H]2C[C@@H]3c4[nH]c5cc(OC)ccc5c4CCN3C[C@H]2C[C@@H](OC(=O)c2cc(OC)c(OC)c(OC)c2)[C@@H]1OC. The van der Waals surface area contributed by atoms with E-state index in [9.17, 15) is 9.59 Å². The summed E-state index contributed by atoms with van der Waals surface area (Å²) in [5, 5.41) is 8.72. The molecule has 2 fully saturated rings. The molecule has 48 heavy (non-hydrogen) atoms. The Morgan fingerprint density at radius 3 is 2.29 bits per heavy atom. The van der Waals surface area contributed by atoms with Crippen LogP contribution in [0.2, 0.25) is 0 Å². The Hall–Kier alpha value is -4.73. The second kappa shape index (κ2) is 15.0. The molecule has 2 aliphatic heterocycles. The summed E-state index contributed by atoms with van der Waals surface area (Å²) >= 11 is 0. The third-order valence-electron chi connectivity index (χ3n) is 9.85. The Kier molecular flexibility index (Phi) is 10.8. The van der Waals surface area contributed by atoms with Crippen molar-refractivity contribution in [1.82, 2.24) is 9.88 Å². The number of nitriles is 1. The molecule has 3 aliphatic rings. The summed E-state index contributed by atoms with van der Waals surface area (Å²) in [5.74, 6) is 0.441. The normalized spacial score (nSPS) is 24.3. The number of nitrogens with one attached hydrogen (secondary N) is 1. The van der Waals surface area contributed by atoms with Gasteiger partial charge in [0.25, 0.3) is 0 Å². The molecule has 1 aromatic heterocycles. The zero-order valence-electron chi connectivity index (χ0n) is 28.2. The van der Waals surface area contributed by atoms with E-state index in [0.717, 1.165) is 37.2 Å². The lowest BCUT2D eigenvalue weighted by atomic mass is 9.63. The number of methoxy groups -OCH3 is 6. The molecule has 0 spiro atoms. The lowest BCUT2D eigenvalue weighted by Gasteiger charge is -2.52. The molecule has 3 heterocycles. The zero-order chi connectivity index (χ0) is 34.5. The number of hydrogen-bond donors (Lipinski definition) is 1. The number of hydrogen-bond acceptors (Lipinski definition) is 11. The number of carbonyl (C=O) groups is 2. The van der Waals surface area contributed by atoms with Gasteiger partial charge in [-0.1, -0.05) is 6.58 Å². The van der Waals surface area contributed by atoms with E-state index in [4.69, 9.17) is 38.4 Å². The minimum Gasteiger partial charge on any atom is -0.497 e. The Bertz CT molecular complexity index is 1670. The van der Waals surface area contributed by atoms with Gasteiger partial charge in [-0.05, 0) is 60.9 Å². The smallest absolute Gasteiger partial charge is 0.338 e. The number of piperidine rings is 1. The maximum atomic E-state index is 13.5. The molecule has 2 aromatic carbocycles. The van der Waals surface area contributed by atoms with Gasteiger partial charge >= 0.3 is 11.9 Å². The number of ether oxygens (including phenoxy) is 7. The van der Waals surface area contributed by atoms with Crippen molar-refractivity contribution in [1.29, 1.82) is 5.26 Å². The van der Waals surface area contributed by atoms with Crippen LogP contribution in [0.1, 0.15) is 40.5 Å². The highest BCUT2D eigenvalue weighted by Gasteiger charge is 2.54. The average molecular weight is 662 g/mol. The fourth-order valence-electron chi connectivity index (χ4n) is 7.76. The number of fused-ring (bicyclic) bond motifs is 6. The van der Waals surface area contributed by atoms with E-state index >= 15 is 0 Å². The van der Waals surface area contributed by atoms with Crippen LogP contribution in [0.3, 0.4) is 0 Å². The van der Waals surface area contributed by atoms with Crippen LogP contribution in [0.15, 0.2) is 43.0 Å². The molecule has 3 aromatic rings. The molecule has 12 heteroatoms. The van der Waals surface area contributed by atoms with E-state index in [-0.39, 0.29) is 29.4 Å². The summed E-state index contributed by atoms with van der Waals surface area (Å²) in [6.07, 6.45) is 2.10. The number of carbonyl (C=O) groups excluding carboxylic acids is 2. The van der Waals surface area contributed by atoms with Gasteiger partial charge < -0.3 is 38.1 Å². The quantitative estimate of drug-likeness (QED) is 0.261. The summed E-state index contributed by atoms with van der Waals surface area (Å²) in [5.41, 5.74) is 3.83. The van der Waals surface area contributed by atoms with E-state index in [1.54, 1.807) is 32.4 Å². The second-order valence-electron chi connectivity index (χ2n) is 12.0. The summed E-state index contributed by atoms with van der Waals surface area (Å²) in [4.78, 5) is 33.1. The van der Waals surface area contributed by atoms with E-state index in [0.29, 0.717) is 23.7 Å². The van der Waals surface area contributed by atoms with E-state index in [1.807, 2.05) is 12.1 Å². The Balaban J connectivity index is 0.00000107. The largest absolute Gasteiger partial charge is 0.497 e. The molecule has 6 atom stereocenters. The predicted molar refractivity (Wildman–Crippen MR) is 176 cm³/mol. The molecule has 1 saturated carbocycles. The molecule has 1 saturated heterocycles. The third kappa shape index (κ3) is 6.40. The molecule has 256 valence electrons. The fourth-order valence-corrected chi connectivity index (χ4v) is 7.76. The second-order valence-corrected chi connectivity index (χ2v) is 12.0. The lowest BCUT2D eigenvalue weighted by Crippen LogP contribution is -2.58. The first-order chi connectivity index (χ1) is 23.3. The van der Waals surface area contributed by atoms with Gasteiger partial charge in [0.05, 0.1) is 59.1 Å². The maximum absolute atomic E-state index is 13.5. The molecule has 0 radical (unpaired) electrons. The van der Waals surface area contributed by atoms with Crippen LogP contribution in [0.25, 0.3) is 10.9 Å².